The van der Waals surface area contributed by atoms with E-state index in [0.717, 1.165) is 0 Å². The van der Waals surface area contributed by atoms with Crippen LogP contribution in [0.25, 0.3) is 5.70 Å². The van der Waals surface area contributed by atoms with Crippen molar-refractivity contribution in [2.75, 3.05) is 5.32 Å². The summed E-state index contributed by atoms with van der Waals surface area (Å²) in [7, 11) is 0. The fraction of sp³-hybridized carbons (Fsp3) is 0.0667. The lowest BCUT2D eigenvalue weighted by Gasteiger charge is -2.23. The van der Waals surface area contributed by atoms with Crippen molar-refractivity contribution < 1.29 is 18.0 Å². The molecule has 0 atom stereocenters. The summed E-state index contributed by atoms with van der Waals surface area (Å²) >= 11 is 0. The second-order valence-corrected chi connectivity index (χ2v) is 4.78. The third kappa shape index (κ3) is 2.30. The second-order valence-electron chi connectivity index (χ2n) is 4.78. The average Bonchev–Trinajstić information content (AvgIpc) is 2.45. The number of carbonyl (C=O) groups is 1. The molecular formula is C15H10F3N3O. The molecule has 22 heavy (non-hydrogen) atoms. The molecular weight excluding hydrogens is 295 g/mol. The number of nitrogens with two attached hydrogens (primary N) is 1. The molecule has 1 aliphatic heterocycles. The van der Waals surface area contributed by atoms with Crippen molar-refractivity contribution in [2.24, 2.45) is 5.73 Å². The minimum atomic E-state index is -1.13. The smallest absolute Gasteiger partial charge is 0.247 e. The fourth-order valence-corrected chi connectivity index (χ4v) is 2.37. The lowest BCUT2D eigenvalue weighted by atomic mass is 9.95. The molecule has 0 unspecified atom stereocenters. The molecule has 0 spiro atoms. The number of nitrogens with zero attached hydrogens (tertiary/aromatic N) is 1. The molecule has 4 nitrogen and oxygen atoms in total. The molecule has 0 saturated heterocycles. The number of nitrogens with one attached hydrogen (secondary N) is 1. The molecule has 1 aliphatic rings. The van der Waals surface area contributed by atoms with Crippen LogP contribution in [0.4, 0.5) is 19.0 Å². The maximum Gasteiger partial charge on any atom is 0.247 e. The highest BCUT2D eigenvalue weighted by Crippen LogP contribution is 2.33. The number of carbonyl (C=O) groups excluding carboxylic acids is 1. The number of pyridine rings is 1. The van der Waals surface area contributed by atoms with E-state index in [4.69, 9.17) is 5.73 Å². The van der Waals surface area contributed by atoms with Crippen molar-refractivity contribution in [3.63, 3.8) is 0 Å². The normalized spacial score (nSPS) is 13.6. The van der Waals surface area contributed by atoms with Crippen LogP contribution >= 0.6 is 0 Å². The van der Waals surface area contributed by atoms with Crippen LogP contribution in [0.2, 0.25) is 0 Å². The summed E-state index contributed by atoms with van der Waals surface area (Å²) in [6.45, 7) is 0. The molecule has 1 amide bonds. The van der Waals surface area contributed by atoms with E-state index in [-0.39, 0.29) is 17.7 Å². The Labute approximate surface area is 123 Å². The quantitative estimate of drug-likeness (QED) is 0.895. The molecule has 112 valence electrons. The molecule has 2 aromatic rings. The highest BCUT2D eigenvalue weighted by atomic mass is 19.1. The Morgan fingerprint density at radius 3 is 2.55 bits per heavy atom. The van der Waals surface area contributed by atoms with E-state index >= 15 is 0 Å². The monoisotopic (exact) mass is 305 g/mol. The molecule has 0 saturated carbocycles. The number of aromatic nitrogens is 1. The number of rotatable bonds is 2. The predicted octanol–water partition coefficient (Wildman–Crippen LogP) is 2.36. The minimum Gasteiger partial charge on any atom is -0.366 e. The highest BCUT2D eigenvalue weighted by Gasteiger charge is 2.27. The standard InChI is InChI=1S/C15H10F3N3O/c16-8-5-10(17)12(11(18)6-8)13-9(14(19)22)4-7-2-1-3-20-15(7)21-13/h1-3,5-6H,4H2,(H2,19,22)(H,20,21). The van der Waals surface area contributed by atoms with Gasteiger partial charge < -0.3 is 11.1 Å². The van der Waals surface area contributed by atoms with E-state index in [2.05, 4.69) is 10.3 Å². The number of hydrogen-bond donors (Lipinski definition) is 2. The van der Waals surface area contributed by atoms with Crippen molar-refractivity contribution in [2.45, 2.75) is 6.42 Å². The van der Waals surface area contributed by atoms with Gasteiger partial charge in [-0.1, -0.05) is 6.07 Å². The van der Waals surface area contributed by atoms with Crippen LogP contribution in [0.3, 0.4) is 0 Å². The fourth-order valence-electron chi connectivity index (χ4n) is 2.37. The van der Waals surface area contributed by atoms with Gasteiger partial charge in [0.25, 0.3) is 0 Å². The Morgan fingerprint density at radius 2 is 1.91 bits per heavy atom. The summed E-state index contributed by atoms with van der Waals surface area (Å²) in [6, 6.07) is 4.47. The van der Waals surface area contributed by atoms with Crippen molar-refractivity contribution >= 4 is 17.4 Å². The van der Waals surface area contributed by atoms with Crippen LogP contribution < -0.4 is 11.1 Å². The summed E-state index contributed by atoms with van der Waals surface area (Å²) in [5.41, 5.74) is 5.31. The number of primary amides is 1. The minimum absolute atomic E-state index is 0.00454. The van der Waals surface area contributed by atoms with Crippen LogP contribution in [0.1, 0.15) is 11.1 Å². The van der Waals surface area contributed by atoms with E-state index in [9.17, 15) is 18.0 Å². The molecule has 0 aliphatic carbocycles. The first kappa shape index (κ1) is 14.1. The number of hydrogen-bond acceptors (Lipinski definition) is 3. The number of halogens is 3. The summed E-state index contributed by atoms with van der Waals surface area (Å²) in [4.78, 5) is 15.7. The van der Waals surface area contributed by atoms with Crippen molar-refractivity contribution in [1.29, 1.82) is 0 Å². The van der Waals surface area contributed by atoms with Gasteiger partial charge >= 0.3 is 0 Å². The predicted molar refractivity (Wildman–Crippen MR) is 74.0 cm³/mol. The number of anilines is 1. The van der Waals surface area contributed by atoms with E-state index in [0.29, 0.717) is 23.5 Å². The zero-order valence-electron chi connectivity index (χ0n) is 11.2. The van der Waals surface area contributed by atoms with E-state index in [1.165, 1.54) is 6.20 Å². The molecule has 2 heterocycles. The van der Waals surface area contributed by atoms with Gasteiger partial charge in [-0.2, -0.15) is 0 Å². The van der Waals surface area contributed by atoms with E-state index < -0.39 is 28.9 Å². The van der Waals surface area contributed by atoms with Crippen molar-refractivity contribution in [3.8, 4) is 0 Å². The Morgan fingerprint density at radius 1 is 1.23 bits per heavy atom. The van der Waals surface area contributed by atoms with Crippen LogP contribution in [0.15, 0.2) is 36.0 Å². The Hall–Kier alpha value is -2.83. The van der Waals surface area contributed by atoms with Crippen LogP contribution in [-0.2, 0) is 11.2 Å². The van der Waals surface area contributed by atoms with Crippen LogP contribution in [0.5, 0.6) is 0 Å². The molecule has 0 radical (unpaired) electrons. The topological polar surface area (TPSA) is 68.0 Å². The third-order valence-electron chi connectivity index (χ3n) is 3.36. The molecule has 1 aromatic heterocycles. The van der Waals surface area contributed by atoms with Gasteiger partial charge in [0, 0.05) is 30.3 Å². The Kier molecular flexibility index (Phi) is 3.32. The molecule has 0 bridgehead atoms. The molecule has 0 fully saturated rings. The summed E-state index contributed by atoms with van der Waals surface area (Å²) < 4.78 is 41.0. The zero-order valence-corrected chi connectivity index (χ0v) is 11.2. The largest absolute Gasteiger partial charge is 0.366 e. The van der Waals surface area contributed by atoms with E-state index in [1.54, 1.807) is 12.1 Å². The number of fused-ring (bicyclic) bond motifs is 1. The first-order valence-corrected chi connectivity index (χ1v) is 6.36. The number of benzene rings is 1. The van der Waals surface area contributed by atoms with E-state index in [1.807, 2.05) is 0 Å². The van der Waals surface area contributed by atoms with Crippen molar-refractivity contribution in [3.05, 3.63) is 64.6 Å². The van der Waals surface area contributed by atoms with Gasteiger partial charge in [0.1, 0.15) is 23.3 Å². The van der Waals surface area contributed by atoms with Gasteiger partial charge in [-0.25, -0.2) is 18.2 Å². The molecule has 3 N–H and O–H groups in total. The summed E-state index contributed by atoms with van der Waals surface area (Å²) in [5.74, 6) is -3.75. The van der Waals surface area contributed by atoms with Gasteiger partial charge in [-0.3, -0.25) is 4.79 Å². The van der Waals surface area contributed by atoms with Gasteiger partial charge in [-0.05, 0) is 11.6 Å². The van der Waals surface area contributed by atoms with Gasteiger partial charge in [0.05, 0.1) is 11.3 Å². The van der Waals surface area contributed by atoms with Crippen LogP contribution in [0, 0.1) is 17.5 Å². The molecule has 1 aromatic carbocycles. The zero-order chi connectivity index (χ0) is 15.9. The summed E-state index contributed by atoms with van der Waals surface area (Å²) in [6.07, 6.45) is 1.58. The lowest BCUT2D eigenvalue weighted by Crippen LogP contribution is -2.24. The maximum atomic E-state index is 14.0. The average molecular weight is 305 g/mol. The Bertz CT molecular complexity index is 794. The lowest BCUT2D eigenvalue weighted by molar-refractivity contribution is -0.114. The van der Waals surface area contributed by atoms with Crippen molar-refractivity contribution in [1.82, 2.24) is 4.98 Å². The van der Waals surface area contributed by atoms with Gasteiger partial charge in [0.2, 0.25) is 5.91 Å². The van der Waals surface area contributed by atoms with Gasteiger partial charge in [0.15, 0.2) is 0 Å². The molecule has 3 rings (SSSR count). The Balaban J connectivity index is 2.21. The van der Waals surface area contributed by atoms with Gasteiger partial charge in [-0.15, -0.1) is 0 Å². The van der Waals surface area contributed by atoms with Crippen LogP contribution in [-0.4, -0.2) is 10.9 Å². The highest BCUT2D eigenvalue weighted by molar-refractivity contribution is 6.04. The SMILES string of the molecule is NC(=O)C1=C(c2c(F)cc(F)cc2F)Nc2ncccc2C1. The first-order chi connectivity index (χ1) is 10.5. The maximum absolute atomic E-state index is 14.0. The summed E-state index contributed by atoms with van der Waals surface area (Å²) in [5, 5.41) is 2.71. The third-order valence-corrected chi connectivity index (χ3v) is 3.36. The second kappa shape index (κ2) is 5.18. The molecule has 7 heteroatoms. The first-order valence-electron chi connectivity index (χ1n) is 6.36. The number of amides is 1.